The molecule has 26 heavy (non-hydrogen) atoms. The Morgan fingerprint density at radius 1 is 1.04 bits per heavy atom. The van der Waals surface area contributed by atoms with Crippen LogP contribution >= 0.6 is 11.6 Å². The maximum absolute atomic E-state index is 13.9. The number of nitrogens with zero attached hydrogens (tertiary/aromatic N) is 2. The molecule has 136 valence electrons. The zero-order valence-electron chi connectivity index (χ0n) is 14.1. The molecular weight excluding hydrogens is 359 g/mol. The number of para-hydroxylation sites is 1. The number of carbonyl (C=O) groups is 1. The number of hydrogen-bond donors (Lipinski definition) is 0. The van der Waals surface area contributed by atoms with Crippen LogP contribution in [0.25, 0.3) is 0 Å². The van der Waals surface area contributed by atoms with Crippen LogP contribution in [0.5, 0.6) is 11.5 Å². The molecule has 1 fully saturated rings. The van der Waals surface area contributed by atoms with E-state index in [2.05, 4.69) is 0 Å². The molecule has 1 saturated heterocycles. The third-order valence-electron chi connectivity index (χ3n) is 4.60. The lowest BCUT2D eigenvalue weighted by molar-refractivity contribution is 0.0745. The molecule has 0 radical (unpaired) electrons. The maximum Gasteiger partial charge on any atom is 0.254 e. The smallest absolute Gasteiger partial charge is 0.254 e. The van der Waals surface area contributed by atoms with Crippen LogP contribution < -0.4 is 14.4 Å². The van der Waals surface area contributed by atoms with Crippen LogP contribution in [0.3, 0.4) is 0 Å². The summed E-state index contributed by atoms with van der Waals surface area (Å²) >= 11 is 6.23. The zero-order valence-corrected chi connectivity index (χ0v) is 14.8. The highest BCUT2D eigenvalue weighted by Crippen LogP contribution is 2.38. The molecule has 0 atom stereocenters. The quantitative estimate of drug-likeness (QED) is 0.807. The number of ether oxygens (including phenoxy) is 2. The monoisotopic (exact) mass is 376 g/mol. The number of halogens is 2. The van der Waals surface area contributed by atoms with E-state index < -0.39 is 0 Å². The number of hydrogen-bond acceptors (Lipinski definition) is 4. The van der Waals surface area contributed by atoms with Gasteiger partial charge in [-0.3, -0.25) is 4.79 Å². The van der Waals surface area contributed by atoms with Crippen molar-refractivity contribution in [1.29, 1.82) is 0 Å². The molecule has 7 heteroatoms. The van der Waals surface area contributed by atoms with Gasteiger partial charge in [0.2, 0.25) is 0 Å². The molecule has 0 unspecified atom stereocenters. The van der Waals surface area contributed by atoms with E-state index in [1.807, 2.05) is 11.0 Å². The Hall–Kier alpha value is -2.47. The van der Waals surface area contributed by atoms with E-state index in [0.29, 0.717) is 67.2 Å². The average molecular weight is 377 g/mol. The Morgan fingerprint density at radius 3 is 2.54 bits per heavy atom. The van der Waals surface area contributed by atoms with E-state index in [-0.39, 0.29) is 11.7 Å². The van der Waals surface area contributed by atoms with Crippen molar-refractivity contribution in [2.24, 2.45) is 0 Å². The van der Waals surface area contributed by atoms with Gasteiger partial charge in [-0.1, -0.05) is 23.7 Å². The summed E-state index contributed by atoms with van der Waals surface area (Å²) in [5, 5.41) is 0.371. The highest BCUT2D eigenvalue weighted by molar-refractivity contribution is 6.32. The Kier molecular flexibility index (Phi) is 4.59. The van der Waals surface area contributed by atoms with Crippen LogP contribution in [0.1, 0.15) is 10.4 Å². The largest absolute Gasteiger partial charge is 0.486 e. The molecule has 4 rings (SSSR count). The fourth-order valence-corrected chi connectivity index (χ4v) is 3.54. The van der Waals surface area contributed by atoms with Gasteiger partial charge in [-0.25, -0.2) is 4.39 Å². The third kappa shape index (κ3) is 3.17. The number of anilines is 1. The van der Waals surface area contributed by atoms with E-state index in [4.69, 9.17) is 21.1 Å². The van der Waals surface area contributed by atoms with Crippen molar-refractivity contribution in [2.45, 2.75) is 0 Å². The van der Waals surface area contributed by atoms with Gasteiger partial charge in [0, 0.05) is 31.7 Å². The summed E-state index contributed by atoms with van der Waals surface area (Å²) in [6.07, 6.45) is 0. The fraction of sp³-hybridized carbons (Fsp3) is 0.316. The molecule has 0 N–H and O–H groups in total. The van der Waals surface area contributed by atoms with Gasteiger partial charge in [-0.15, -0.1) is 0 Å². The van der Waals surface area contributed by atoms with Crippen molar-refractivity contribution >= 4 is 23.2 Å². The minimum Gasteiger partial charge on any atom is -0.486 e. The van der Waals surface area contributed by atoms with Gasteiger partial charge < -0.3 is 19.3 Å². The first-order chi connectivity index (χ1) is 12.6. The molecule has 1 amide bonds. The first-order valence-electron chi connectivity index (χ1n) is 8.51. The second kappa shape index (κ2) is 7.03. The number of piperazine rings is 1. The van der Waals surface area contributed by atoms with Gasteiger partial charge in [0.05, 0.1) is 10.7 Å². The van der Waals surface area contributed by atoms with Crippen LogP contribution in [-0.2, 0) is 0 Å². The van der Waals surface area contributed by atoms with Gasteiger partial charge in [-0.05, 0) is 24.3 Å². The van der Waals surface area contributed by atoms with Crippen molar-refractivity contribution in [2.75, 3.05) is 44.3 Å². The molecule has 0 bridgehead atoms. The lowest BCUT2D eigenvalue weighted by atomic mass is 10.1. The Balaban J connectivity index is 1.47. The summed E-state index contributed by atoms with van der Waals surface area (Å²) in [5.41, 5.74) is 1.04. The topological polar surface area (TPSA) is 42.0 Å². The van der Waals surface area contributed by atoms with Crippen LogP contribution in [-0.4, -0.2) is 50.2 Å². The zero-order chi connectivity index (χ0) is 18.1. The van der Waals surface area contributed by atoms with E-state index in [1.54, 1.807) is 29.2 Å². The van der Waals surface area contributed by atoms with E-state index in [0.717, 1.165) is 0 Å². The summed E-state index contributed by atoms with van der Waals surface area (Å²) in [5.74, 6) is 0.624. The van der Waals surface area contributed by atoms with Crippen molar-refractivity contribution in [3.8, 4) is 11.5 Å². The molecule has 2 aliphatic rings. The molecule has 2 aromatic rings. The molecule has 2 aromatic carbocycles. The molecule has 0 aliphatic carbocycles. The lowest BCUT2D eigenvalue weighted by Crippen LogP contribution is -2.49. The van der Waals surface area contributed by atoms with E-state index >= 15 is 0 Å². The highest BCUT2D eigenvalue weighted by atomic mass is 35.5. The van der Waals surface area contributed by atoms with Gasteiger partial charge in [-0.2, -0.15) is 0 Å². The average Bonchev–Trinajstić information content (AvgIpc) is 2.68. The Morgan fingerprint density at radius 2 is 1.77 bits per heavy atom. The summed E-state index contributed by atoms with van der Waals surface area (Å²) in [6.45, 7) is 3.05. The van der Waals surface area contributed by atoms with E-state index in [9.17, 15) is 9.18 Å². The molecular formula is C19H18ClFN2O3. The molecule has 0 saturated carbocycles. The van der Waals surface area contributed by atoms with Crippen molar-refractivity contribution in [1.82, 2.24) is 4.90 Å². The van der Waals surface area contributed by atoms with Crippen LogP contribution in [0.2, 0.25) is 5.02 Å². The minimum absolute atomic E-state index is 0.114. The Labute approximate surface area is 155 Å². The van der Waals surface area contributed by atoms with Crippen molar-refractivity contribution in [3.05, 3.63) is 52.8 Å². The van der Waals surface area contributed by atoms with Gasteiger partial charge in [0.15, 0.2) is 11.5 Å². The van der Waals surface area contributed by atoms with Crippen LogP contribution in [0.15, 0.2) is 36.4 Å². The van der Waals surface area contributed by atoms with Gasteiger partial charge in [0.1, 0.15) is 19.0 Å². The lowest BCUT2D eigenvalue weighted by Gasteiger charge is -2.36. The standard InChI is InChI=1S/C19H18ClFN2O3/c20-14-11-13(12-17-18(14)26-10-9-25-17)19(24)23-7-5-22(6-8-23)16-4-2-1-3-15(16)21/h1-4,11-12H,5-10H2. The number of carbonyl (C=O) groups excluding carboxylic acids is 1. The van der Waals surface area contributed by atoms with Crippen molar-refractivity contribution in [3.63, 3.8) is 0 Å². The predicted molar refractivity (Wildman–Crippen MR) is 97.0 cm³/mol. The van der Waals surface area contributed by atoms with Crippen LogP contribution in [0.4, 0.5) is 10.1 Å². The molecule has 2 heterocycles. The highest BCUT2D eigenvalue weighted by Gasteiger charge is 2.26. The van der Waals surface area contributed by atoms with Crippen molar-refractivity contribution < 1.29 is 18.7 Å². The SMILES string of the molecule is O=C(c1cc(Cl)c2c(c1)OCCO2)N1CCN(c2ccccc2F)CC1. The second-order valence-corrected chi connectivity index (χ2v) is 6.62. The van der Waals surface area contributed by atoms with Gasteiger partial charge in [0.25, 0.3) is 5.91 Å². The van der Waals surface area contributed by atoms with E-state index in [1.165, 1.54) is 6.07 Å². The summed E-state index contributed by atoms with van der Waals surface area (Å²) in [4.78, 5) is 16.5. The molecule has 2 aliphatic heterocycles. The summed E-state index contributed by atoms with van der Waals surface area (Å²) in [7, 11) is 0. The Bertz CT molecular complexity index is 838. The molecule has 0 spiro atoms. The molecule has 0 aromatic heterocycles. The fourth-order valence-electron chi connectivity index (χ4n) is 3.28. The maximum atomic E-state index is 13.9. The number of amides is 1. The molecule has 5 nitrogen and oxygen atoms in total. The van der Waals surface area contributed by atoms with Crippen LogP contribution in [0, 0.1) is 5.82 Å². The number of benzene rings is 2. The first kappa shape index (κ1) is 17.0. The number of fused-ring (bicyclic) bond motifs is 1. The normalized spacial score (nSPS) is 16.5. The summed E-state index contributed by atoms with van der Waals surface area (Å²) in [6, 6.07) is 9.97. The minimum atomic E-state index is -0.245. The predicted octanol–water partition coefficient (Wildman–Crippen LogP) is 3.21. The second-order valence-electron chi connectivity index (χ2n) is 6.21. The summed E-state index contributed by atoms with van der Waals surface area (Å²) < 4.78 is 25.0. The third-order valence-corrected chi connectivity index (χ3v) is 4.88. The van der Waals surface area contributed by atoms with Gasteiger partial charge >= 0.3 is 0 Å². The first-order valence-corrected chi connectivity index (χ1v) is 8.89. The number of rotatable bonds is 2.